The molecule has 0 aromatic heterocycles. The van der Waals surface area contributed by atoms with E-state index >= 15 is 0 Å². The molecular weight excluding hydrogens is 376 g/mol. The summed E-state index contributed by atoms with van der Waals surface area (Å²) in [5.41, 5.74) is 0. The first-order valence-electron chi connectivity index (χ1n) is 12.7. The molecule has 1 rings (SSSR count). The van der Waals surface area contributed by atoms with Crippen molar-refractivity contribution in [2.45, 2.75) is 122 Å². The van der Waals surface area contributed by atoms with Crippen molar-refractivity contribution < 1.29 is 19.4 Å². The van der Waals surface area contributed by atoms with Gasteiger partial charge in [-0.15, -0.1) is 0 Å². The molecule has 0 radical (unpaired) electrons. The molecule has 1 aliphatic carbocycles. The lowest BCUT2D eigenvalue weighted by atomic mass is 9.79. The summed E-state index contributed by atoms with van der Waals surface area (Å²) in [7, 11) is 0. The summed E-state index contributed by atoms with van der Waals surface area (Å²) in [6.45, 7) is 2.69. The van der Waals surface area contributed by atoms with Crippen LogP contribution in [0.4, 0.5) is 0 Å². The predicted molar refractivity (Wildman–Crippen MR) is 123 cm³/mol. The zero-order valence-corrected chi connectivity index (χ0v) is 19.4. The lowest BCUT2D eigenvalue weighted by Crippen LogP contribution is -2.33. The lowest BCUT2D eigenvalue weighted by Gasteiger charge is -2.26. The van der Waals surface area contributed by atoms with Crippen molar-refractivity contribution in [1.82, 2.24) is 0 Å². The third kappa shape index (κ3) is 13.1. The third-order valence-corrected chi connectivity index (χ3v) is 6.29. The summed E-state index contributed by atoms with van der Waals surface area (Å²) in [5, 5.41) is 9.26. The molecule has 0 aromatic carbocycles. The highest BCUT2D eigenvalue weighted by atomic mass is 16.5. The first-order valence-corrected chi connectivity index (χ1v) is 12.7. The van der Waals surface area contributed by atoms with Gasteiger partial charge in [0.1, 0.15) is 0 Å². The van der Waals surface area contributed by atoms with Crippen molar-refractivity contribution in [3.63, 3.8) is 0 Å². The number of esters is 1. The molecule has 0 aliphatic heterocycles. The minimum atomic E-state index is -0.855. The number of aliphatic carboxylic acids is 1. The first-order chi connectivity index (χ1) is 14.7. The van der Waals surface area contributed by atoms with Gasteiger partial charge in [-0.1, -0.05) is 89.7 Å². The largest absolute Gasteiger partial charge is 0.481 e. The van der Waals surface area contributed by atoms with Gasteiger partial charge in [0.25, 0.3) is 0 Å². The van der Waals surface area contributed by atoms with E-state index in [9.17, 15) is 14.7 Å². The number of carboxylic acid groups (broad SMARTS) is 1. The Morgan fingerprint density at radius 2 is 1.27 bits per heavy atom. The number of ether oxygens (including phenoxy) is 1. The van der Waals surface area contributed by atoms with Gasteiger partial charge in [-0.25, -0.2) is 0 Å². The Bertz CT molecular complexity index is 472. The molecule has 1 fully saturated rings. The van der Waals surface area contributed by atoms with Crippen LogP contribution in [0.25, 0.3) is 0 Å². The Hall–Kier alpha value is -1.32. The van der Waals surface area contributed by atoms with E-state index in [1.807, 2.05) is 0 Å². The van der Waals surface area contributed by atoms with E-state index in [1.165, 1.54) is 64.2 Å². The molecule has 0 heterocycles. The van der Waals surface area contributed by atoms with Crippen LogP contribution in [0, 0.1) is 11.8 Å². The van der Waals surface area contributed by atoms with Gasteiger partial charge in [0.15, 0.2) is 0 Å². The van der Waals surface area contributed by atoms with Crippen molar-refractivity contribution >= 4 is 11.9 Å². The Kier molecular flexibility index (Phi) is 16.4. The summed E-state index contributed by atoms with van der Waals surface area (Å²) >= 11 is 0. The number of hydrogen-bond donors (Lipinski definition) is 1. The molecule has 30 heavy (non-hydrogen) atoms. The van der Waals surface area contributed by atoms with Crippen LogP contribution in [0.2, 0.25) is 0 Å². The molecule has 0 saturated heterocycles. The highest BCUT2D eigenvalue weighted by Gasteiger charge is 2.36. The van der Waals surface area contributed by atoms with Crippen molar-refractivity contribution in [3.8, 4) is 0 Å². The highest BCUT2D eigenvalue weighted by Crippen LogP contribution is 2.31. The van der Waals surface area contributed by atoms with Crippen LogP contribution in [0.5, 0.6) is 0 Å². The van der Waals surface area contributed by atoms with Crippen molar-refractivity contribution in [1.29, 1.82) is 0 Å². The van der Waals surface area contributed by atoms with E-state index in [0.717, 1.165) is 38.5 Å². The van der Waals surface area contributed by atoms with Crippen LogP contribution in [0.15, 0.2) is 12.2 Å². The van der Waals surface area contributed by atoms with Gasteiger partial charge in [-0.05, 0) is 44.9 Å². The smallest absolute Gasteiger partial charge is 0.309 e. The fourth-order valence-corrected chi connectivity index (χ4v) is 4.34. The molecule has 1 saturated carbocycles. The Morgan fingerprint density at radius 1 is 0.767 bits per heavy atom. The normalized spacial score (nSPS) is 19.2. The van der Waals surface area contributed by atoms with E-state index in [1.54, 1.807) is 0 Å². The van der Waals surface area contributed by atoms with Gasteiger partial charge >= 0.3 is 11.9 Å². The van der Waals surface area contributed by atoms with E-state index in [4.69, 9.17) is 4.74 Å². The number of carbonyl (C=O) groups excluding carboxylic acids is 1. The number of hydrogen-bond acceptors (Lipinski definition) is 3. The van der Waals surface area contributed by atoms with E-state index in [0.29, 0.717) is 19.4 Å². The summed E-state index contributed by atoms with van der Waals surface area (Å²) in [5.74, 6) is -2.15. The summed E-state index contributed by atoms with van der Waals surface area (Å²) in [6.07, 6.45) is 25.4. The maximum atomic E-state index is 12.2. The monoisotopic (exact) mass is 422 g/mol. The lowest BCUT2D eigenvalue weighted by molar-refractivity contribution is -0.159. The van der Waals surface area contributed by atoms with Crippen LogP contribution in [-0.4, -0.2) is 23.7 Å². The number of carbonyl (C=O) groups is 2. The number of unbranched alkanes of at least 4 members (excludes halogenated alkanes) is 12. The molecule has 1 N–H and O–H groups in total. The average molecular weight is 423 g/mol. The predicted octanol–water partition coefficient (Wildman–Crippen LogP) is 7.46. The maximum Gasteiger partial charge on any atom is 0.309 e. The van der Waals surface area contributed by atoms with Gasteiger partial charge in [-0.3, -0.25) is 9.59 Å². The summed E-state index contributed by atoms with van der Waals surface area (Å²) < 4.78 is 5.36. The standard InChI is InChI=1S/C26H46O4/c1-2-3-4-5-6-7-8-9-10-11-12-13-14-15-16-19-22-30-26(29)24-21-18-17-20-23(24)25(27)28/h11-12,23-24H,2-10,13-22H2,1H3,(H,27,28)/b12-11+. The fraction of sp³-hybridized carbons (Fsp3) is 0.846. The molecule has 0 amide bonds. The average Bonchev–Trinajstić information content (AvgIpc) is 2.75. The molecule has 1 aliphatic rings. The van der Waals surface area contributed by atoms with Crippen LogP contribution in [0.3, 0.4) is 0 Å². The molecule has 0 aromatic rings. The zero-order valence-electron chi connectivity index (χ0n) is 19.4. The summed E-state index contributed by atoms with van der Waals surface area (Å²) in [6, 6.07) is 0. The van der Waals surface area contributed by atoms with Crippen LogP contribution < -0.4 is 0 Å². The van der Waals surface area contributed by atoms with Crippen LogP contribution in [-0.2, 0) is 14.3 Å². The van der Waals surface area contributed by atoms with E-state index < -0.39 is 17.8 Å². The van der Waals surface area contributed by atoms with Crippen molar-refractivity contribution in [3.05, 3.63) is 12.2 Å². The van der Waals surface area contributed by atoms with E-state index in [-0.39, 0.29) is 5.97 Å². The number of carboxylic acids is 1. The van der Waals surface area contributed by atoms with Gasteiger partial charge in [0.2, 0.25) is 0 Å². The topological polar surface area (TPSA) is 63.6 Å². The molecule has 4 heteroatoms. The first kappa shape index (κ1) is 26.7. The Labute approximate surface area is 184 Å². The Morgan fingerprint density at radius 3 is 1.83 bits per heavy atom. The second-order valence-electron chi connectivity index (χ2n) is 8.94. The minimum Gasteiger partial charge on any atom is -0.481 e. The van der Waals surface area contributed by atoms with Gasteiger partial charge in [-0.2, -0.15) is 0 Å². The second kappa shape index (κ2) is 18.4. The van der Waals surface area contributed by atoms with Gasteiger partial charge in [0.05, 0.1) is 18.4 Å². The maximum absolute atomic E-state index is 12.2. The molecule has 4 nitrogen and oxygen atoms in total. The van der Waals surface area contributed by atoms with Crippen molar-refractivity contribution in [2.75, 3.05) is 6.61 Å². The van der Waals surface area contributed by atoms with Crippen LogP contribution >= 0.6 is 0 Å². The molecular formula is C26H46O4. The molecule has 0 bridgehead atoms. The Balaban J connectivity index is 1.89. The highest BCUT2D eigenvalue weighted by molar-refractivity contribution is 5.81. The molecule has 0 spiro atoms. The summed E-state index contributed by atoms with van der Waals surface area (Å²) in [4.78, 5) is 23.5. The van der Waals surface area contributed by atoms with Crippen molar-refractivity contribution in [2.24, 2.45) is 11.8 Å². The van der Waals surface area contributed by atoms with Gasteiger partial charge in [0, 0.05) is 0 Å². The quantitative estimate of drug-likeness (QED) is 0.141. The number of allylic oxidation sites excluding steroid dienone is 2. The second-order valence-corrected chi connectivity index (χ2v) is 8.94. The third-order valence-electron chi connectivity index (χ3n) is 6.29. The molecule has 174 valence electrons. The van der Waals surface area contributed by atoms with Crippen LogP contribution in [0.1, 0.15) is 122 Å². The van der Waals surface area contributed by atoms with E-state index in [2.05, 4.69) is 19.1 Å². The fourth-order valence-electron chi connectivity index (χ4n) is 4.34. The number of rotatable bonds is 18. The molecule has 2 unspecified atom stereocenters. The minimum absolute atomic E-state index is 0.300. The van der Waals surface area contributed by atoms with Gasteiger partial charge < -0.3 is 9.84 Å². The SMILES string of the molecule is CCCCCCCCCC/C=C/CCCCCCOC(=O)C1CCCCC1C(=O)O. The molecule has 2 atom stereocenters. The zero-order chi connectivity index (χ0) is 21.9.